The van der Waals surface area contributed by atoms with Crippen molar-refractivity contribution >= 4 is 111 Å². The van der Waals surface area contributed by atoms with Gasteiger partial charge in [-0.25, -0.2) is 18.9 Å². The van der Waals surface area contributed by atoms with Crippen LogP contribution in [-0.4, -0.2) is 80.7 Å². The highest BCUT2D eigenvalue weighted by Gasteiger charge is 2.45. The molecule has 12 aromatic rings. The summed E-state index contributed by atoms with van der Waals surface area (Å²) < 4.78 is 8.75. The first-order valence-corrected chi connectivity index (χ1v) is 43.5. The lowest BCUT2D eigenvalue weighted by molar-refractivity contribution is -0.751. The largest absolute Gasteiger partial charge is 0.357 e. The first kappa shape index (κ1) is 89.4. The maximum atomic E-state index is 2.59. The smallest absolute Gasteiger partial charge is 0.283 e. The Balaban J connectivity index is 0.000000193. The number of benzene rings is 9. The Morgan fingerprint density at radius 1 is 0.330 bits per heavy atom. The quantitative estimate of drug-likeness (QED) is 0.0777. The number of hydrogen-bond donors (Lipinski definition) is 0. The molecule has 0 bridgehead atoms. The molecule has 8 heterocycles. The van der Waals surface area contributed by atoms with E-state index in [4.69, 9.17) is 0 Å². The predicted octanol–water partition coefficient (Wildman–Crippen LogP) is 20.9. The van der Waals surface area contributed by atoms with Crippen LogP contribution >= 0.6 is 38.0 Å². The molecule has 12 nitrogen and oxygen atoms in total. The molecule has 0 aliphatic carbocycles. The van der Waals surface area contributed by atoms with Gasteiger partial charge in [0.15, 0.2) is 37.5 Å². The van der Waals surface area contributed by atoms with Crippen LogP contribution < -0.4 is 74.2 Å². The highest BCUT2D eigenvalue weighted by Crippen LogP contribution is 2.57. The van der Waals surface area contributed by atoms with Crippen LogP contribution in [0.3, 0.4) is 0 Å². The van der Waals surface area contributed by atoms with E-state index < -0.39 is 14.5 Å². The van der Waals surface area contributed by atoms with Crippen molar-refractivity contribution in [3.05, 3.63) is 328 Å². The molecule has 0 spiro atoms. The summed E-state index contributed by atoms with van der Waals surface area (Å²) in [7, 11) is 7.61. The van der Waals surface area contributed by atoms with Crippen molar-refractivity contribution in [2.24, 2.45) is 21.1 Å². The van der Waals surface area contributed by atoms with Crippen molar-refractivity contribution in [3.8, 4) is 0 Å². The molecule has 0 fully saturated rings. The van der Waals surface area contributed by atoms with Crippen LogP contribution in [0.5, 0.6) is 0 Å². The molecule has 16 heteroatoms. The van der Waals surface area contributed by atoms with Crippen molar-refractivity contribution in [3.63, 3.8) is 0 Å². The van der Waals surface area contributed by atoms with E-state index in [-0.39, 0.29) is 50.7 Å². The van der Waals surface area contributed by atoms with Crippen molar-refractivity contribution in [2.75, 3.05) is 86.0 Å². The van der Waals surface area contributed by atoms with Gasteiger partial charge in [-0.3, -0.25) is 0 Å². The van der Waals surface area contributed by atoms with Gasteiger partial charge in [0.05, 0.1) is 92.5 Å². The number of anilines is 9. The summed E-state index contributed by atoms with van der Waals surface area (Å²) in [5, 5.41) is 6.88. The second-order valence-corrected chi connectivity index (χ2v) is 38.1. The Hall–Kier alpha value is -9.81. The van der Waals surface area contributed by atoms with E-state index in [1.807, 2.05) is 35.7 Å². The van der Waals surface area contributed by atoms with Gasteiger partial charge in [0, 0.05) is 67.1 Å². The number of nitrogens with zero attached hydrogens (tertiary/aromatic N) is 12. The number of para-hydroxylation sites is 7. The highest BCUT2D eigenvalue weighted by molar-refractivity contribution is 8.00. The molecule has 0 amide bonds. The van der Waals surface area contributed by atoms with Crippen LogP contribution in [0.4, 0.5) is 51.4 Å². The van der Waals surface area contributed by atoms with E-state index in [2.05, 4.69) is 457 Å². The Bertz CT molecular complexity index is 4720. The van der Waals surface area contributed by atoms with Gasteiger partial charge < -0.3 is 29.4 Å². The zero-order chi connectivity index (χ0) is 73.9. The molecule has 9 aromatic carbocycles. The fourth-order valence-electron chi connectivity index (χ4n) is 15.1. The minimum absolute atomic E-state index is 0. The summed E-state index contributed by atoms with van der Waals surface area (Å²) in [6.07, 6.45) is 15.7. The lowest BCUT2D eigenvalue weighted by atomic mass is 10.2. The summed E-state index contributed by atoms with van der Waals surface area (Å²) in [6, 6.07) is 104. The van der Waals surface area contributed by atoms with E-state index in [0.717, 1.165) is 25.7 Å². The van der Waals surface area contributed by atoms with Crippen molar-refractivity contribution in [1.82, 2.24) is 4.68 Å². The monoisotopic (exact) mass is 1570 g/mol. The fraction of sp³-hybridized carbons (Fsp3) is 0.281. The molecule has 17 rings (SSSR count). The third kappa shape index (κ3) is 19.3. The van der Waals surface area contributed by atoms with E-state index >= 15 is 0 Å². The van der Waals surface area contributed by atoms with Crippen LogP contribution in [0, 0.1) is 0 Å². The van der Waals surface area contributed by atoms with E-state index in [0.29, 0.717) is 23.1 Å². The molecule has 0 saturated heterocycles. The van der Waals surface area contributed by atoms with E-state index in [9.17, 15) is 0 Å². The zero-order valence-corrected chi connectivity index (χ0v) is 66.9. The van der Waals surface area contributed by atoms with Gasteiger partial charge in [0.25, 0.3) is 11.6 Å². The van der Waals surface area contributed by atoms with Crippen LogP contribution in [0.1, 0.15) is 79.2 Å². The zero-order valence-electron chi connectivity index (χ0n) is 63.5. The molecular formula is C96H127N12P2S2+5. The van der Waals surface area contributed by atoms with Crippen molar-refractivity contribution < 1.29 is 13.8 Å². The van der Waals surface area contributed by atoms with Crippen LogP contribution in [0.2, 0.25) is 0 Å². The van der Waals surface area contributed by atoms with E-state index in [1.54, 1.807) is 0 Å². The normalized spacial score (nSPS) is 16.5. The van der Waals surface area contributed by atoms with Crippen molar-refractivity contribution in [1.29, 1.82) is 0 Å². The number of fused-ring (bicyclic) bond motifs is 4. The van der Waals surface area contributed by atoms with Gasteiger partial charge in [-0.1, -0.05) is 220 Å². The summed E-state index contributed by atoms with van der Waals surface area (Å²) in [4.78, 5) is 22.1. The first-order valence-electron chi connectivity index (χ1n) is 36.9. The van der Waals surface area contributed by atoms with Gasteiger partial charge in [-0.2, -0.15) is 0 Å². The average molecular weight is 1580 g/mol. The molecule has 0 unspecified atom stereocenters. The molecule has 112 heavy (non-hydrogen) atoms. The maximum Gasteiger partial charge on any atom is 0.283 e. The van der Waals surface area contributed by atoms with Gasteiger partial charge in [-0.15, -0.1) is 9.36 Å². The molecule has 0 saturated carbocycles. The Morgan fingerprint density at radius 2 is 0.688 bits per heavy atom. The third-order valence-corrected chi connectivity index (χ3v) is 31.3. The minimum atomic E-state index is -1.54. The third-order valence-electron chi connectivity index (χ3n) is 21.4. The highest BCUT2D eigenvalue weighted by atomic mass is 32.2. The topological polar surface area (TPSA) is 42.5 Å². The number of rotatable bonds is 14. The lowest BCUT2D eigenvalue weighted by Crippen LogP contribution is -2.43. The van der Waals surface area contributed by atoms with Crippen LogP contribution in [-0.2, 0) is 27.4 Å². The Morgan fingerprint density at radius 3 is 1.12 bits per heavy atom. The van der Waals surface area contributed by atoms with Gasteiger partial charge in [0.2, 0.25) is 0 Å². The van der Waals surface area contributed by atoms with Gasteiger partial charge >= 0.3 is 0 Å². The first-order chi connectivity index (χ1) is 51.5. The Labute approximate surface area is 684 Å². The molecule has 3 aromatic heterocycles. The van der Waals surface area contributed by atoms with Crippen molar-refractivity contribution in [2.45, 2.75) is 125 Å². The number of thioether (sulfide) groups is 2. The number of aromatic nitrogens is 4. The lowest BCUT2D eigenvalue weighted by Gasteiger charge is -2.33. The molecule has 0 radical (unpaired) electrons. The minimum Gasteiger partial charge on any atom is -0.357 e. The SMILES string of the molecule is C.C.C.C.C.C.C[C@@H]1Sc2ccccc2N1CCN1c2ccccc2S[C@@H]1C.C[C@H]1N(C)c2ccccc2N1C[P+](C)(c1ccccc1)c1ccccc1.C[C@H]1N(C)c2ccccc2N1c1cccc[n+]1C.C[C@H]1N(c2ccccc2)C=CN1c1cccc[n+]1C.C[n+]1cccn1C[P+](C)(c1ccccc1)c1ccccc1. The standard InChI is InChI=1S/C23H26N2P.C18H21N2P.C18H20N2S2.C16H18N3.C15H18N3.6CH4/c1-19-24(2)22-16-10-11-17-23(22)25(19)18-26(3,20-12-6-4-7-13-20)21-14-8-5-9-15-21;1-19-14-9-15-20(19)16-21(2,17-10-5-3-6-11-17)18-12-7-4-8-13-18;1-13-19(15-7-3-5-9-17(15)21-13)11-12-20-14(2)22-18-10-6-4-8-16(18)20;1-14-18(15-8-4-3-5-9-15)12-13-19(14)16-10-6-7-11-17(16)2;1-12-17(3)13-8-4-5-9-14(13)18(12)15-10-6-7-11-16(15)2;;;;;;/h4-17,19H,18H2,1-3H3;3-15H,16H2,1-2H3;3-10,13-14H,11-12H2,1-2H3;3-14H,1-2H3;4-12H,1-3H3;6*1H4/q+1;+2;;2*+1;;;;;;/t19-;;13-,14+;14-;12-;;;;;;/m0..00....../s1. The molecule has 5 aliphatic heterocycles. The molecule has 5 atom stereocenters. The summed E-state index contributed by atoms with van der Waals surface area (Å²) in [5.74, 6) is 2.39. The molecule has 0 N–H and O–H groups in total. The second kappa shape index (κ2) is 40.6. The summed E-state index contributed by atoms with van der Waals surface area (Å²) in [5.41, 5.74) is 9.24. The molecular weight excluding hydrogens is 1450 g/mol. The number of hydrogen-bond acceptors (Lipinski definition) is 10. The number of aryl methyl sites for hydroxylation is 3. The van der Waals surface area contributed by atoms with Gasteiger partial charge in [-0.05, 0) is 156 Å². The average Bonchev–Trinajstić information content (AvgIpc) is 1.70. The summed E-state index contributed by atoms with van der Waals surface area (Å²) >= 11 is 3.94. The van der Waals surface area contributed by atoms with Gasteiger partial charge in [0.1, 0.15) is 47.1 Å². The van der Waals surface area contributed by atoms with E-state index in [1.165, 1.54) is 82.5 Å². The van der Waals surface area contributed by atoms with Crippen LogP contribution in [0.15, 0.2) is 338 Å². The second-order valence-electron chi connectivity index (χ2n) is 28.0. The molecule has 5 aliphatic rings. The molecule has 588 valence electrons. The van der Waals surface area contributed by atoms with Crippen LogP contribution in [0.25, 0.3) is 0 Å². The Kier molecular flexibility index (Phi) is 32.4. The predicted molar refractivity (Wildman–Crippen MR) is 498 cm³/mol. The number of pyridine rings is 2. The summed E-state index contributed by atoms with van der Waals surface area (Å²) in [6.45, 7) is 18.4. The maximum absolute atomic E-state index is 2.59. The fourth-order valence-corrected chi connectivity index (χ4v) is 23.8.